The Balaban J connectivity index is 0.00000196. The minimum atomic E-state index is -4.43. The largest absolute Gasteiger partial charge is 0.405 e. The van der Waals surface area contributed by atoms with Crippen molar-refractivity contribution in [2.45, 2.75) is 24.8 Å². The number of alkyl halides is 4. The van der Waals surface area contributed by atoms with E-state index in [0.29, 0.717) is 0 Å². The number of halogens is 5. The van der Waals surface area contributed by atoms with E-state index in [1.54, 1.807) is 5.32 Å². The van der Waals surface area contributed by atoms with Gasteiger partial charge in [-0.2, -0.15) is 13.2 Å². The number of carbonyl (C=O) groups is 1. The lowest BCUT2D eigenvalue weighted by molar-refractivity contribution is -0.139. The lowest BCUT2D eigenvalue weighted by Crippen LogP contribution is -2.43. The van der Waals surface area contributed by atoms with Gasteiger partial charge in [0.05, 0.1) is 6.04 Å². The summed E-state index contributed by atoms with van der Waals surface area (Å²) in [5.74, 6) is -0.803. The summed E-state index contributed by atoms with van der Waals surface area (Å²) >= 11 is 0. The van der Waals surface area contributed by atoms with E-state index in [1.165, 1.54) is 0 Å². The van der Waals surface area contributed by atoms with Crippen LogP contribution in [0.1, 0.15) is 6.42 Å². The van der Waals surface area contributed by atoms with E-state index in [4.69, 9.17) is 0 Å². The summed E-state index contributed by atoms with van der Waals surface area (Å²) < 4.78 is 47.6. The van der Waals surface area contributed by atoms with Crippen LogP contribution in [0.4, 0.5) is 17.6 Å². The Morgan fingerprint density at radius 1 is 1.47 bits per heavy atom. The van der Waals surface area contributed by atoms with Crippen molar-refractivity contribution in [3.63, 3.8) is 0 Å². The van der Waals surface area contributed by atoms with Crippen molar-refractivity contribution in [3.8, 4) is 0 Å². The molecule has 1 aliphatic heterocycles. The van der Waals surface area contributed by atoms with Gasteiger partial charge in [0.15, 0.2) is 0 Å². The lowest BCUT2D eigenvalue weighted by atomic mass is 10.2. The Morgan fingerprint density at radius 2 is 2.07 bits per heavy atom. The molecule has 90 valence electrons. The standard InChI is InChI=1S/C7H10F4N2O.ClH/c8-4-1-5(12-2-4)6(14)13-3-7(9,10)11;/h4-5,12H,1-3H2,(H,13,14);1H/t4-,5+;/m0./s1. The molecule has 1 aliphatic rings. The quantitative estimate of drug-likeness (QED) is 0.712. The zero-order chi connectivity index (χ0) is 10.8. The van der Waals surface area contributed by atoms with E-state index in [0.717, 1.165) is 0 Å². The molecular weight excluding hydrogens is 240 g/mol. The van der Waals surface area contributed by atoms with Crippen molar-refractivity contribution >= 4 is 18.3 Å². The molecule has 0 aromatic rings. The molecule has 1 amide bonds. The normalized spacial score (nSPS) is 25.9. The Hall–Kier alpha value is -0.560. The highest BCUT2D eigenvalue weighted by molar-refractivity contribution is 5.85. The first-order chi connectivity index (χ1) is 6.38. The molecular formula is C7H11ClF4N2O. The third kappa shape index (κ3) is 5.17. The van der Waals surface area contributed by atoms with Gasteiger partial charge in [-0.3, -0.25) is 4.79 Å². The van der Waals surface area contributed by atoms with E-state index in [2.05, 4.69) is 5.32 Å². The van der Waals surface area contributed by atoms with Crippen molar-refractivity contribution in [2.24, 2.45) is 0 Å². The molecule has 1 heterocycles. The van der Waals surface area contributed by atoms with Crippen molar-refractivity contribution in [3.05, 3.63) is 0 Å². The van der Waals surface area contributed by atoms with Crippen LogP contribution >= 0.6 is 12.4 Å². The molecule has 0 radical (unpaired) electrons. The second-order valence-electron chi connectivity index (χ2n) is 3.13. The van der Waals surface area contributed by atoms with Crippen molar-refractivity contribution in [1.29, 1.82) is 0 Å². The SMILES string of the molecule is Cl.O=C(NCC(F)(F)F)[C@H]1C[C@H](F)CN1. The summed E-state index contributed by atoms with van der Waals surface area (Å²) in [6, 6.07) is -0.840. The topological polar surface area (TPSA) is 41.1 Å². The van der Waals surface area contributed by atoms with Crippen molar-refractivity contribution < 1.29 is 22.4 Å². The van der Waals surface area contributed by atoms with E-state index in [1.807, 2.05) is 0 Å². The van der Waals surface area contributed by atoms with Crippen LogP contribution < -0.4 is 10.6 Å². The molecule has 0 saturated carbocycles. The van der Waals surface area contributed by atoms with Crippen LogP contribution in [0.5, 0.6) is 0 Å². The molecule has 0 aromatic carbocycles. The zero-order valence-corrected chi connectivity index (χ0v) is 8.42. The summed E-state index contributed by atoms with van der Waals surface area (Å²) in [6.07, 6.45) is -5.65. The molecule has 0 unspecified atom stereocenters. The van der Waals surface area contributed by atoms with Gasteiger partial charge in [-0.15, -0.1) is 12.4 Å². The Bertz CT molecular complexity index is 224. The molecule has 15 heavy (non-hydrogen) atoms. The number of hydrogen-bond acceptors (Lipinski definition) is 2. The van der Waals surface area contributed by atoms with Gasteiger partial charge in [0.2, 0.25) is 5.91 Å². The maximum absolute atomic E-state index is 12.5. The molecule has 2 N–H and O–H groups in total. The second kappa shape index (κ2) is 5.50. The summed E-state index contributed by atoms with van der Waals surface area (Å²) in [7, 11) is 0. The predicted molar refractivity (Wildman–Crippen MR) is 47.6 cm³/mol. The smallest absolute Gasteiger partial charge is 0.346 e. The molecule has 1 rings (SSSR count). The van der Waals surface area contributed by atoms with Gasteiger partial charge in [0.25, 0.3) is 0 Å². The van der Waals surface area contributed by atoms with E-state index in [-0.39, 0.29) is 25.4 Å². The molecule has 0 bridgehead atoms. The third-order valence-corrected chi connectivity index (χ3v) is 1.86. The van der Waals surface area contributed by atoms with Crippen LogP contribution in [0.2, 0.25) is 0 Å². The highest BCUT2D eigenvalue weighted by Gasteiger charge is 2.32. The molecule has 1 saturated heterocycles. The molecule has 2 atom stereocenters. The number of amides is 1. The third-order valence-electron chi connectivity index (χ3n) is 1.86. The first-order valence-electron chi connectivity index (χ1n) is 4.10. The molecule has 0 aliphatic carbocycles. The van der Waals surface area contributed by atoms with Crippen LogP contribution in [0, 0.1) is 0 Å². The average Bonchev–Trinajstić information content (AvgIpc) is 2.46. The van der Waals surface area contributed by atoms with Crippen LogP contribution in [-0.2, 0) is 4.79 Å². The minimum absolute atomic E-state index is 0. The maximum atomic E-state index is 12.5. The fraction of sp³-hybridized carbons (Fsp3) is 0.857. The fourth-order valence-corrected chi connectivity index (χ4v) is 1.20. The lowest BCUT2D eigenvalue weighted by Gasteiger charge is -2.12. The van der Waals surface area contributed by atoms with Gasteiger partial charge in [0.1, 0.15) is 12.7 Å². The van der Waals surface area contributed by atoms with Crippen LogP contribution in [0.25, 0.3) is 0 Å². The van der Waals surface area contributed by atoms with Gasteiger partial charge < -0.3 is 10.6 Å². The monoisotopic (exact) mass is 250 g/mol. The summed E-state index contributed by atoms with van der Waals surface area (Å²) in [6.45, 7) is -1.36. The van der Waals surface area contributed by atoms with Gasteiger partial charge in [-0.25, -0.2) is 4.39 Å². The summed E-state index contributed by atoms with van der Waals surface area (Å²) in [5.41, 5.74) is 0. The first kappa shape index (κ1) is 14.4. The molecule has 3 nitrogen and oxygen atoms in total. The van der Waals surface area contributed by atoms with Crippen LogP contribution in [0.15, 0.2) is 0 Å². The maximum Gasteiger partial charge on any atom is 0.405 e. The Labute approximate surface area is 90.0 Å². The minimum Gasteiger partial charge on any atom is -0.346 e. The number of hydrogen-bond donors (Lipinski definition) is 2. The second-order valence-corrected chi connectivity index (χ2v) is 3.13. The first-order valence-corrected chi connectivity index (χ1v) is 4.10. The van der Waals surface area contributed by atoms with E-state index >= 15 is 0 Å². The molecule has 0 spiro atoms. The van der Waals surface area contributed by atoms with Gasteiger partial charge in [-0.1, -0.05) is 0 Å². The Morgan fingerprint density at radius 3 is 2.47 bits per heavy atom. The van der Waals surface area contributed by atoms with Crippen LogP contribution in [-0.4, -0.2) is 37.4 Å². The summed E-state index contributed by atoms with van der Waals surface area (Å²) in [4.78, 5) is 11.0. The average molecular weight is 251 g/mol. The zero-order valence-electron chi connectivity index (χ0n) is 7.60. The predicted octanol–water partition coefficient (Wildman–Crippen LogP) is 0.787. The Kier molecular flexibility index (Phi) is 5.30. The highest BCUT2D eigenvalue weighted by Crippen LogP contribution is 2.13. The van der Waals surface area contributed by atoms with E-state index in [9.17, 15) is 22.4 Å². The molecule has 0 aromatic heterocycles. The van der Waals surface area contributed by atoms with Crippen LogP contribution in [0.3, 0.4) is 0 Å². The fourth-order valence-electron chi connectivity index (χ4n) is 1.20. The van der Waals surface area contributed by atoms with Gasteiger partial charge >= 0.3 is 6.18 Å². The summed E-state index contributed by atoms with van der Waals surface area (Å²) in [5, 5.41) is 4.18. The van der Waals surface area contributed by atoms with Crippen molar-refractivity contribution in [1.82, 2.24) is 10.6 Å². The number of nitrogens with one attached hydrogen (secondary N) is 2. The number of rotatable bonds is 2. The number of carbonyl (C=O) groups excluding carboxylic acids is 1. The van der Waals surface area contributed by atoms with Gasteiger partial charge in [0, 0.05) is 13.0 Å². The molecule has 8 heteroatoms. The van der Waals surface area contributed by atoms with Crippen molar-refractivity contribution in [2.75, 3.05) is 13.1 Å². The van der Waals surface area contributed by atoms with E-state index < -0.39 is 30.8 Å². The molecule has 1 fully saturated rings. The highest BCUT2D eigenvalue weighted by atomic mass is 35.5. The van der Waals surface area contributed by atoms with Gasteiger partial charge in [-0.05, 0) is 0 Å².